The second-order valence-corrected chi connectivity index (χ2v) is 6.41. The van der Waals surface area contributed by atoms with Crippen molar-refractivity contribution in [2.24, 2.45) is 0 Å². The van der Waals surface area contributed by atoms with Crippen LogP contribution >= 0.6 is 0 Å². The lowest BCUT2D eigenvalue weighted by Crippen LogP contribution is -2.55. The molecule has 1 amide bonds. The molecule has 2 aliphatic heterocycles. The third kappa shape index (κ3) is 3.16. The number of amides is 1. The van der Waals surface area contributed by atoms with Gasteiger partial charge in [-0.1, -0.05) is 39.2 Å². The quantitative estimate of drug-likeness (QED) is 0.700. The molecule has 0 aliphatic carbocycles. The summed E-state index contributed by atoms with van der Waals surface area (Å²) in [5.41, 5.74) is -1.24. The Bertz CT molecular complexity index is 511. The lowest BCUT2D eigenvalue weighted by molar-refractivity contribution is -0.162. The minimum atomic E-state index is -1.52. The van der Waals surface area contributed by atoms with Crippen LogP contribution in [0, 0.1) is 0 Å². The summed E-state index contributed by atoms with van der Waals surface area (Å²) in [6.45, 7) is 7.44. The number of rotatable bonds is 7. The number of aliphatic hydroxyl groups is 2. The Morgan fingerprint density at radius 2 is 2.00 bits per heavy atom. The molecule has 0 aromatic heterocycles. The third-order valence-corrected chi connectivity index (χ3v) is 4.66. The molecular formula is C17H27NO5. The molecule has 0 bridgehead atoms. The predicted molar refractivity (Wildman–Crippen MR) is 84.9 cm³/mol. The van der Waals surface area contributed by atoms with E-state index < -0.39 is 23.7 Å². The average Bonchev–Trinajstić information content (AvgIpc) is 2.74. The molecule has 2 aliphatic rings. The van der Waals surface area contributed by atoms with Crippen molar-refractivity contribution in [1.82, 2.24) is 5.06 Å². The maximum atomic E-state index is 12.2. The Morgan fingerprint density at radius 3 is 2.61 bits per heavy atom. The molecule has 2 rings (SSSR count). The Morgan fingerprint density at radius 1 is 1.35 bits per heavy atom. The van der Waals surface area contributed by atoms with Gasteiger partial charge in [0.05, 0.1) is 12.7 Å². The second kappa shape index (κ2) is 7.03. The Balaban J connectivity index is 2.12. The normalized spacial score (nSPS) is 30.7. The summed E-state index contributed by atoms with van der Waals surface area (Å²) in [5, 5.41) is 22.1. The van der Waals surface area contributed by atoms with Gasteiger partial charge in [0, 0.05) is 0 Å². The minimum Gasteiger partial charge on any atom is -0.484 e. The summed E-state index contributed by atoms with van der Waals surface area (Å²) in [6, 6.07) is 0. The molecule has 0 aromatic rings. The summed E-state index contributed by atoms with van der Waals surface area (Å²) in [7, 11) is 1.34. The van der Waals surface area contributed by atoms with Crippen molar-refractivity contribution in [2.45, 2.75) is 70.2 Å². The predicted octanol–water partition coefficient (Wildman–Crippen LogP) is 2.03. The van der Waals surface area contributed by atoms with Crippen molar-refractivity contribution in [3.05, 3.63) is 23.6 Å². The van der Waals surface area contributed by atoms with E-state index in [-0.39, 0.29) is 17.0 Å². The van der Waals surface area contributed by atoms with Gasteiger partial charge in [-0.25, -0.2) is 0 Å². The van der Waals surface area contributed by atoms with E-state index in [0.29, 0.717) is 6.42 Å². The second-order valence-electron chi connectivity index (χ2n) is 6.41. The lowest BCUT2D eigenvalue weighted by atomic mass is 9.82. The van der Waals surface area contributed by atoms with Crippen LogP contribution in [0.2, 0.25) is 0 Å². The zero-order valence-electron chi connectivity index (χ0n) is 14.2. The molecule has 6 heteroatoms. The summed E-state index contributed by atoms with van der Waals surface area (Å²) in [5.74, 6) is -0.309. The van der Waals surface area contributed by atoms with Crippen LogP contribution in [0.15, 0.2) is 23.6 Å². The third-order valence-electron chi connectivity index (χ3n) is 4.66. The van der Waals surface area contributed by atoms with Crippen LogP contribution in [-0.4, -0.2) is 46.1 Å². The molecule has 6 nitrogen and oxygen atoms in total. The molecule has 0 spiro atoms. The first-order chi connectivity index (χ1) is 10.9. The SMILES string of the molecule is C=C1C2=C(C(=O)N1OC)C(O)C(C)(O)C(CCCCCCC)O2. The largest absolute Gasteiger partial charge is 0.484 e. The number of hydrogen-bond donors (Lipinski definition) is 2. The smallest absolute Gasteiger partial charge is 0.284 e. The zero-order chi connectivity index (χ0) is 17.2. The molecule has 130 valence electrons. The summed E-state index contributed by atoms with van der Waals surface area (Å²) in [6.07, 6.45) is 4.15. The van der Waals surface area contributed by atoms with E-state index in [1.54, 1.807) is 0 Å². The maximum Gasteiger partial charge on any atom is 0.284 e. The molecule has 0 saturated carbocycles. The Kier molecular flexibility index (Phi) is 5.49. The van der Waals surface area contributed by atoms with Gasteiger partial charge in [0.1, 0.15) is 23.5 Å². The van der Waals surface area contributed by atoms with E-state index >= 15 is 0 Å². The number of carbonyl (C=O) groups is 1. The molecule has 2 N–H and O–H groups in total. The Hall–Kier alpha value is -1.37. The highest BCUT2D eigenvalue weighted by atomic mass is 16.7. The number of unbranched alkanes of at least 4 members (excludes halogenated alkanes) is 4. The van der Waals surface area contributed by atoms with Gasteiger partial charge in [-0.15, -0.1) is 0 Å². The van der Waals surface area contributed by atoms with Crippen LogP contribution in [0.1, 0.15) is 52.4 Å². The summed E-state index contributed by atoms with van der Waals surface area (Å²) in [4.78, 5) is 17.2. The van der Waals surface area contributed by atoms with Crippen molar-refractivity contribution < 1.29 is 24.6 Å². The molecule has 0 radical (unpaired) electrons. The number of aliphatic hydroxyl groups excluding tert-OH is 1. The van der Waals surface area contributed by atoms with Crippen LogP contribution in [0.25, 0.3) is 0 Å². The molecule has 0 fully saturated rings. The van der Waals surface area contributed by atoms with Crippen LogP contribution in [0.5, 0.6) is 0 Å². The van der Waals surface area contributed by atoms with Crippen LogP contribution in [0.3, 0.4) is 0 Å². The van der Waals surface area contributed by atoms with Gasteiger partial charge in [0.25, 0.3) is 5.91 Å². The van der Waals surface area contributed by atoms with Crippen molar-refractivity contribution in [3.8, 4) is 0 Å². The van der Waals surface area contributed by atoms with Gasteiger partial charge in [-0.3, -0.25) is 9.63 Å². The minimum absolute atomic E-state index is 0.0177. The molecule has 3 unspecified atom stereocenters. The zero-order valence-corrected chi connectivity index (χ0v) is 14.2. The van der Waals surface area contributed by atoms with Crippen LogP contribution < -0.4 is 0 Å². The van der Waals surface area contributed by atoms with Gasteiger partial charge in [0.15, 0.2) is 5.76 Å². The van der Waals surface area contributed by atoms with Crippen LogP contribution in [-0.2, 0) is 14.4 Å². The highest BCUT2D eigenvalue weighted by Crippen LogP contribution is 2.42. The summed E-state index contributed by atoms with van der Waals surface area (Å²) >= 11 is 0. The fourth-order valence-electron chi connectivity index (χ4n) is 3.16. The highest BCUT2D eigenvalue weighted by Gasteiger charge is 2.54. The van der Waals surface area contributed by atoms with E-state index in [2.05, 4.69) is 13.5 Å². The van der Waals surface area contributed by atoms with Crippen molar-refractivity contribution in [1.29, 1.82) is 0 Å². The number of ether oxygens (including phenoxy) is 1. The molecule has 2 heterocycles. The number of hydrogen-bond acceptors (Lipinski definition) is 5. The van der Waals surface area contributed by atoms with Gasteiger partial charge in [-0.05, 0) is 19.8 Å². The molecule has 0 saturated heterocycles. The monoisotopic (exact) mass is 325 g/mol. The van der Waals surface area contributed by atoms with Crippen LogP contribution in [0.4, 0.5) is 0 Å². The van der Waals surface area contributed by atoms with Crippen molar-refractivity contribution in [2.75, 3.05) is 7.11 Å². The van der Waals surface area contributed by atoms with E-state index in [1.807, 2.05) is 0 Å². The van der Waals surface area contributed by atoms with E-state index in [0.717, 1.165) is 24.3 Å². The number of carbonyl (C=O) groups excluding carboxylic acids is 1. The standard InChI is InChI=1S/C17H27NO5/c1-5-6-7-8-9-10-12-17(3,21)15(19)13-14(23-12)11(2)18(22-4)16(13)20/h12,15,19,21H,2,5-10H2,1,3-4H3. The molecule has 3 atom stereocenters. The van der Waals surface area contributed by atoms with Gasteiger partial charge < -0.3 is 14.9 Å². The van der Waals surface area contributed by atoms with E-state index in [9.17, 15) is 15.0 Å². The first-order valence-electron chi connectivity index (χ1n) is 8.25. The lowest BCUT2D eigenvalue weighted by Gasteiger charge is -2.40. The van der Waals surface area contributed by atoms with E-state index in [4.69, 9.17) is 9.57 Å². The first-order valence-corrected chi connectivity index (χ1v) is 8.25. The number of hydroxylamine groups is 2. The number of nitrogens with zero attached hydrogens (tertiary/aromatic N) is 1. The maximum absolute atomic E-state index is 12.2. The fourth-order valence-corrected chi connectivity index (χ4v) is 3.16. The molecule has 23 heavy (non-hydrogen) atoms. The summed E-state index contributed by atoms with van der Waals surface area (Å²) < 4.78 is 5.84. The fraction of sp³-hybridized carbons (Fsp3) is 0.706. The Labute approximate surface area is 137 Å². The topological polar surface area (TPSA) is 79.2 Å². The molecular weight excluding hydrogens is 298 g/mol. The van der Waals surface area contributed by atoms with Crippen molar-refractivity contribution in [3.63, 3.8) is 0 Å². The average molecular weight is 325 g/mol. The highest BCUT2D eigenvalue weighted by molar-refractivity contribution is 6.00. The van der Waals surface area contributed by atoms with E-state index in [1.165, 1.54) is 26.9 Å². The van der Waals surface area contributed by atoms with Gasteiger partial charge >= 0.3 is 0 Å². The molecule has 0 aromatic carbocycles. The van der Waals surface area contributed by atoms with Gasteiger partial charge in [-0.2, -0.15) is 5.06 Å². The van der Waals surface area contributed by atoms with Crippen molar-refractivity contribution >= 4 is 5.91 Å². The van der Waals surface area contributed by atoms with Gasteiger partial charge in [0.2, 0.25) is 0 Å². The first kappa shape index (κ1) is 18.0.